The third kappa shape index (κ3) is 4.07. The molecule has 110 valence electrons. The van der Waals surface area contributed by atoms with Gasteiger partial charge in [0.25, 0.3) is 0 Å². The van der Waals surface area contributed by atoms with Crippen LogP contribution in [0.3, 0.4) is 0 Å². The van der Waals surface area contributed by atoms with Gasteiger partial charge in [-0.1, -0.05) is 24.0 Å². The van der Waals surface area contributed by atoms with Gasteiger partial charge in [-0.25, -0.2) is 0 Å². The second kappa shape index (κ2) is 6.91. The van der Waals surface area contributed by atoms with Gasteiger partial charge in [-0.05, 0) is 17.7 Å². The highest BCUT2D eigenvalue weighted by atomic mass is 16.2. The molecule has 0 bridgehead atoms. The number of aliphatic hydroxyl groups is 1. The van der Waals surface area contributed by atoms with Crippen molar-refractivity contribution in [3.8, 4) is 11.8 Å². The van der Waals surface area contributed by atoms with Crippen LogP contribution < -0.4 is 0 Å². The Balaban J connectivity index is 2.06. The lowest BCUT2D eigenvalue weighted by Crippen LogP contribution is -2.51. The molecule has 2 rings (SSSR count). The molecule has 1 aliphatic rings. The first-order valence-electron chi connectivity index (χ1n) is 6.80. The molecule has 0 aromatic heterocycles. The topological polar surface area (TPSA) is 60.9 Å². The van der Waals surface area contributed by atoms with Gasteiger partial charge in [-0.15, -0.1) is 0 Å². The van der Waals surface area contributed by atoms with Gasteiger partial charge < -0.3 is 14.9 Å². The number of carbonyl (C=O) groups excluding carboxylic acids is 2. The second-order valence-electron chi connectivity index (χ2n) is 4.98. The van der Waals surface area contributed by atoms with Crippen LogP contribution in [-0.4, -0.2) is 53.5 Å². The molecule has 1 N–H and O–H groups in total. The Morgan fingerprint density at radius 3 is 2.81 bits per heavy atom. The van der Waals surface area contributed by atoms with Gasteiger partial charge in [0.1, 0.15) is 6.54 Å². The van der Waals surface area contributed by atoms with Crippen molar-refractivity contribution >= 4 is 11.8 Å². The zero-order valence-electron chi connectivity index (χ0n) is 12.0. The fourth-order valence-corrected chi connectivity index (χ4v) is 2.10. The number of rotatable bonds is 3. The summed E-state index contributed by atoms with van der Waals surface area (Å²) < 4.78 is 0. The van der Waals surface area contributed by atoms with Crippen LogP contribution in [0.1, 0.15) is 17.5 Å². The molecule has 1 heterocycles. The van der Waals surface area contributed by atoms with Crippen molar-refractivity contribution < 1.29 is 14.7 Å². The number of carbonyl (C=O) groups is 2. The Bertz CT molecular complexity index is 601. The largest absolute Gasteiger partial charge is 0.395 e. The first kappa shape index (κ1) is 15.1. The zero-order valence-corrected chi connectivity index (χ0v) is 12.0. The molecule has 0 unspecified atom stereocenters. The summed E-state index contributed by atoms with van der Waals surface area (Å²) in [4.78, 5) is 26.6. The lowest BCUT2D eigenvalue weighted by molar-refractivity contribution is -0.149. The van der Waals surface area contributed by atoms with Crippen LogP contribution in [-0.2, 0) is 16.1 Å². The number of hydrogen-bond acceptors (Lipinski definition) is 3. The molecule has 5 nitrogen and oxygen atoms in total. The van der Waals surface area contributed by atoms with Crippen LogP contribution in [0, 0.1) is 11.8 Å². The number of nitrogens with zero attached hydrogens (tertiary/aromatic N) is 2. The van der Waals surface area contributed by atoms with E-state index in [4.69, 9.17) is 5.11 Å². The van der Waals surface area contributed by atoms with E-state index in [0.717, 1.165) is 11.1 Å². The van der Waals surface area contributed by atoms with Gasteiger partial charge >= 0.3 is 0 Å². The van der Waals surface area contributed by atoms with Crippen molar-refractivity contribution in [1.29, 1.82) is 0 Å². The fourth-order valence-electron chi connectivity index (χ4n) is 2.10. The molecule has 2 amide bonds. The average molecular weight is 286 g/mol. The van der Waals surface area contributed by atoms with E-state index in [-0.39, 0.29) is 31.5 Å². The minimum Gasteiger partial charge on any atom is -0.395 e. The molecular weight excluding hydrogens is 268 g/mol. The fraction of sp³-hybridized carbons (Fsp3) is 0.375. The van der Waals surface area contributed by atoms with Gasteiger partial charge in [0, 0.05) is 25.6 Å². The van der Waals surface area contributed by atoms with E-state index in [2.05, 4.69) is 11.8 Å². The van der Waals surface area contributed by atoms with Crippen molar-refractivity contribution in [1.82, 2.24) is 9.80 Å². The maximum atomic E-state index is 11.9. The Hall–Kier alpha value is -2.32. The van der Waals surface area contributed by atoms with E-state index >= 15 is 0 Å². The average Bonchev–Trinajstić information content (AvgIpc) is 2.45. The van der Waals surface area contributed by atoms with Gasteiger partial charge in [-0.3, -0.25) is 9.59 Å². The monoisotopic (exact) mass is 286 g/mol. The van der Waals surface area contributed by atoms with E-state index < -0.39 is 0 Å². The molecule has 5 heteroatoms. The minimum atomic E-state index is -0.0477. The van der Waals surface area contributed by atoms with Gasteiger partial charge in [-0.2, -0.15) is 0 Å². The van der Waals surface area contributed by atoms with Gasteiger partial charge in [0.05, 0.1) is 13.2 Å². The summed E-state index contributed by atoms with van der Waals surface area (Å²) in [7, 11) is 1.63. The predicted octanol–water partition coefficient (Wildman–Crippen LogP) is 0.221. The van der Waals surface area contributed by atoms with Crippen LogP contribution in [0.15, 0.2) is 24.3 Å². The zero-order chi connectivity index (χ0) is 15.2. The molecule has 1 aliphatic heterocycles. The van der Waals surface area contributed by atoms with Crippen molar-refractivity contribution in [2.24, 2.45) is 0 Å². The summed E-state index contributed by atoms with van der Waals surface area (Å²) in [6, 6.07) is 7.57. The Labute approximate surface area is 124 Å². The molecule has 1 aromatic rings. The highest BCUT2D eigenvalue weighted by Gasteiger charge is 2.27. The molecular formula is C16H18N2O3. The summed E-state index contributed by atoms with van der Waals surface area (Å²) in [5.74, 6) is 5.73. The van der Waals surface area contributed by atoms with E-state index in [1.807, 2.05) is 24.3 Å². The number of piperazine rings is 1. The third-order valence-corrected chi connectivity index (χ3v) is 3.25. The second-order valence-corrected chi connectivity index (χ2v) is 4.98. The molecule has 1 saturated heterocycles. The van der Waals surface area contributed by atoms with Crippen molar-refractivity contribution in [3.63, 3.8) is 0 Å². The minimum absolute atomic E-state index is 0.0462. The number of likely N-dealkylation sites (N-methyl/N-ethyl adjacent to an activating group) is 1. The van der Waals surface area contributed by atoms with E-state index in [1.165, 1.54) is 4.90 Å². The van der Waals surface area contributed by atoms with Crippen LogP contribution in [0.5, 0.6) is 0 Å². The molecule has 1 aromatic carbocycles. The van der Waals surface area contributed by atoms with Crippen LogP contribution in [0.4, 0.5) is 0 Å². The number of aliphatic hydroxyl groups excluding tert-OH is 1. The van der Waals surface area contributed by atoms with Crippen LogP contribution in [0.2, 0.25) is 0 Å². The van der Waals surface area contributed by atoms with E-state index in [9.17, 15) is 9.59 Å². The summed E-state index contributed by atoms with van der Waals surface area (Å²) in [6.07, 6.45) is 0.440. The molecule has 0 spiro atoms. The highest BCUT2D eigenvalue weighted by molar-refractivity contribution is 5.92. The lowest BCUT2D eigenvalue weighted by Gasteiger charge is -2.31. The predicted molar refractivity (Wildman–Crippen MR) is 78.1 cm³/mol. The smallest absolute Gasteiger partial charge is 0.242 e. The first-order valence-corrected chi connectivity index (χ1v) is 6.80. The summed E-state index contributed by atoms with van der Waals surface area (Å²) in [6.45, 7) is 0.711. The maximum absolute atomic E-state index is 11.9. The Morgan fingerprint density at radius 1 is 1.24 bits per heavy atom. The standard InChI is InChI=1S/C16H18N2O3/c1-17-11-16(21)18(12-15(17)20)10-14-7-4-6-13(9-14)5-2-3-8-19/h4,6-7,9,19H,3,8,10-12H2,1H3. The molecule has 0 aliphatic carbocycles. The Morgan fingerprint density at radius 2 is 2.05 bits per heavy atom. The third-order valence-electron chi connectivity index (χ3n) is 3.25. The van der Waals surface area contributed by atoms with Gasteiger partial charge in [0.2, 0.25) is 11.8 Å². The molecule has 21 heavy (non-hydrogen) atoms. The quantitative estimate of drug-likeness (QED) is 0.809. The SMILES string of the molecule is CN1CC(=O)N(Cc2cccc(C#CCCO)c2)CC1=O. The molecule has 0 radical (unpaired) electrons. The Kier molecular flexibility index (Phi) is 4.96. The summed E-state index contributed by atoms with van der Waals surface area (Å²) in [5, 5.41) is 8.71. The van der Waals surface area contributed by atoms with E-state index in [0.29, 0.717) is 13.0 Å². The van der Waals surface area contributed by atoms with Crippen LogP contribution >= 0.6 is 0 Å². The maximum Gasteiger partial charge on any atom is 0.242 e. The lowest BCUT2D eigenvalue weighted by atomic mass is 10.1. The molecule has 0 atom stereocenters. The normalized spacial score (nSPS) is 15.0. The molecule has 0 saturated carbocycles. The summed E-state index contributed by atoms with van der Waals surface area (Å²) >= 11 is 0. The van der Waals surface area contributed by atoms with Crippen molar-refractivity contribution in [3.05, 3.63) is 35.4 Å². The summed E-state index contributed by atoms with van der Waals surface area (Å²) in [5.41, 5.74) is 1.78. The highest BCUT2D eigenvalue weighted by Crippen LogP contribution is 2.11. The van der Waals surface area contributed by atoms with E-state index in [1.54, 1.807) is 11.9 Å². The number of hydrogen-bond donors (Lipinski definition) is 1. The number of amides is 2. The van der Waals surface area contributed by atoms with Gasteiger partial charge in [0.15, 0.2) is 0 Å². The molecule has 1 fully saturated rings. The van der Waals surface area contributed by atoms with Crippen molar-refractivity contribution in [2.45, 2.75) is 13.0 Å². The van der Waals surface area contributed by atoms with Crippen molar-refractivity contribution in [2.75, 3.05) is 26.7 Å². The first-order chi connectivity index (χ1) is 10.1. The number of benzene rings is 1. The van der Waals surface area contributed by atoms with Crippen LogP contribution in [0.25, 0.3) is 0 Å².